The standard InChI is InChI=1S/C19H36N4O2/c1-4-22(5-2)12-6-7-15(3)20-18(24)16-10-13-23(14-11-16)19(25)21-17-8-9-17/h15-17H,4-14H2,1-3H3,(H,20,24)(H,21,25). The molecule has 144 valence electrons. The Labute approximate surface area is 152 Å². The van der Waals surface area contributed by atoms with Gasteiger partial charge in [-0.1, -0.05) is 13.8 Å². The number of urea groups is 1. The fraction of sp³-hybridized carbons (Fsp3) is 0.895. The number of hydrogen-bond donors (Lipinski definition) is 2. The van der Waals surface area contributed by atoms with Gasteiger partial charge in [-0.15, -0.1) is 0 Å². The molecule has 1 saturated heterocycles. The van der Waals surface area contributed by atoms with Crippen molar-refractivity contribution in [3.05, 3.63) is 0 Å². The van der Waals surface area contributed by atoms with E-state index < -0.39 is 0 Å². The molecule has 3 amide bonds. The van der Waals surface area contributed by atoms with Gasteiger partial charge in [0.15, 0.2) is 0 Å². The van der Waals surface area contributed by atoms with Gasteiger partial charge in [-0.25, -0.2) is 4.79 Å². The Morgan fingerprint density at radius 2 is 1.76 bits per heavy atom. The van der Waals surface area contributed by atoms with Crippen LogP contribution in [0, 0.1) is 5.92 Å². The van der Waals surface area contributed by atoms with Gasteiger partial charge in [0.2, 0.25) is 5.91 Å². The maximum atomic E-state index is 12.4. The van der Waals surface area contributed by atoms with Crippen molar-refractivity contribution in [1.82, 2.24) is 20.4 Å². The molecule has 2 rings (SSSR count). The largest absolute Gasteiger partial charge is 0.353 e. The third kappa shape index (κ3) is 6.84. The van der Waals surface area contributed by atoms with Gasteiger partial charge >= 0.3 is 6.03 Å². The summed E-state index contributed by atoms with van der Waals surface area (Å²) in [6, 6.07) is 0.663. The van der Waals surface area contributed by atoms with E-state index in [1.165, 1.54) is 0 Å². The fourth-order valence-corrected chi connectivity index (χ4v) is 3.43. The summed E-state index contributed by atoms with van der Waals surface area (Å²) in [5.41, 5.74) is 0. The van der Waals surface area contributed by atoms with Crippen LogP contribution in [0.2, 0.25) is 0 Å². The zero-order valence-corrected chi connectivity index (χ0v) is 16.2. The predicted molar refractivity (Wildman–Crippen MR) is 100 cm³/mol. The van der Waals surface area contributed by atoms with Crippen LogP contribution in [0.3, 0.4) is 0 Å². The van der Waals surface area contributed by atoms with Gasteiger partial charge in [-0.3, -0.25) is 4.79 Å². The number of hydrogen-bond acceptors (Lipinski definition) is 3. The van der Waals surface area contributed by atoms with E-state index >= 15 is 0 Å². The summed E-state index contributed by atoms with van der Waals surface area (Å²) in [5, 5.41) is 6.19. The van der Waals surface area contributed by atoms with Crippen LogP contribution in [0.1, 0.15) is 59.3 Å². The molecule has 0 spiro atoms. The van der Waals surface area contributed by atoms with Crippen LogP contribution in [0.5, 0.6) is 0 Å². The second-order valence-corrected chi connectivity index (χ2v) is 7.56. The maximum Gasteiger partial charge on any atom is 0.317 e. The zero-order valence-electron chi connectivity index (χ0n) is 16.2. The summed E-state index contributed by atoms with van der Waals surface area (Å²) in [7, 11) is 0. The van der Waals surface area contributed by atoms with Crippen molar-refractivity contribution in [1.29, 1.82) is 0 Å². The van der Waals surface area contributed by atoms with Crippen molar-refractivity contribution in [3.63, 3.8) is 0 Å². The lowest BCUT2D eigenvalue weighted by Crippen LogP contribution is -2.48. The molecule has 2 aliphatic rings. The van der Waals surface area contributed by atoms with Crippen molar-refractivity contribution in [3.8, 4) is 0 Å². The second kappa shape index (κ2) is 10.00. The summed E-state index contributed by atoms with van der Waals surface area (Å²) in [6.07, 6.45) is 5.90. The van der Waals surface area contributed by atoms with Crippen molar-refractivity contribution in [2.24, 2.45) is 5.92 Å². The molecule has 0 aromatic carbocycles. The van der Waals surface area contributed by atoms with Gasteiger partial charge in [0.1, 0.15) is 0 Å². The highest BCUT2D eigenvalue weighted by Crippen LogP contribution is 2.21. The number of nitrogens with one attached hydrogen (secondary N) is 2. The molecule has 1 heterocycles. The van der Waals surface area contributed by atoms with E-state index in [0.29, 0.717) is 19.1 Å². The summed E-state index contributed by atoms with van der Waals surface area (Å²) in [4.78, 5) is 28.7. The number of carbonyl (C=O) groups is 2. The summed E-state index contributed by atoms with van der Waals surface area (Å²) in [5.74, 6) is 0.216. The van der Waals surface area contributed by atoms with Crippen molar-refractivity contribution < 1.29 is 9.59 Å². The predicted octanol–water partition coefficient (Wildman–Crippen LogP) is 2.20. The number of rotatable bonds is 9. The van der Waals surface area contributed by atoms with E-state index in [9.17, 15) is 9.59 Å². The third-order valence-corrected chi connectivity index (χ3v) is 5.45. The van der Waals surface area contributed by atoms with E-state index in [2.05, 4.69) is 36.3 Å². The molecule has 2 N–H and O–H groups in total. The number of piperidine rings is 1. The van der Waals surface area contributed by atoms with Crippen molar-refractivity contribution >= 4 is 11.9 Å². The topological polar surface area (TPSA) is 64.7 Å². The fourth-order valence-electron chi connectivity index (χ4n) is 3.43. The van der Waals surface area contributed by atoms with Gasteiger partial charge in [0, 0.05) is 31.1 Å². The third-order valence-electron chi connectivity index (χ3n) is 5.45. The van der Waals surface area contributed by atoms with Gasteiger partial charge in [0.25, 0.3) is 0 Å². The van der Waals surface area contributed by atoms with Gasteiger partial charge < -0.3 is 20.4 Å². The number of nitrogens with zero attached hydrogens (tertiary/aromatic N) is 2. The normalized spacial score (nSPS) is 19.8. The molecular formula is C19H36N4O2. The van der Waals surface area contributed by atoms with E-state index in [0.717, 1.165) is 58.2 Å². The molecule has 2 fully saturated rings. The molecule has 1 aliphatic carbocycles. The smallest absolute Gasteiger partial charge is 0.317 e. The molecule has 1 aliphatic heterocycles. The Bertz CT molecular complexity index is 427. The van der Waals surface area contributed by atoms with Crippen molar-refractivity contribution in [2.45, 2.75) is 71.4 Å². The average Bonchev–Trinajstić information content (AvgIpc) is 3.42. The molecule has 1 saturated carbocycles. The highest BCUT2D eigenvalue weighted by atomic mass is 16.2. The molecule has 0 aromatic heterocycles. The highest BCUT2D eigenvalue weighted by molar-refractivity contribution is 5.80. The molecule has 6 nitrogen and oxygen atoms in total. The molecule has 6 heteroatoms. The van der Waals surface area contributed by atoms with E-state index in [4.69, 9.17) is 0 Å². The Balaban J connectivity index is 1.61. The minimum Gasteiger partial charge on any atom is -0.353 e. The molecule has 25 heavy (non-hydrogen) atoms. The quantitative estimate of drug-likeness (QED) is 0.669. The highest BCUT2D eigenvalue weighted by Gasteiger charge is 2.30. The zero-order chi connectivity index (χ0) is 18.2. The minimum atomic E-state index is 0.0473. The molecule has 1 atom stereocenters. The van der Waals surface area contributed by atoms with Crippen LogP contribution in [-0.2, 0) is 4.79 Å². The molecular weight excluding hydrogens is 316 g/mol. The Morgan fingerprint density at radius 3 is 2.32 bits per heavy atom. The van der Waals surface area contributed by atoms with Crippen molar-refractivity contribution in [2.75, 3.05) is 32.7 Å². The van der Waals surface area contributed by atoms with E-state index in [-0.39, 0.29) is 23.9 Å². The number of likely N-dealkylation sites (tertiary alicyclic amines) is 1. The summed E-state index contributed by atoms with van der Waals surface area (Å²) in [6.45, 7) is 11.1. The number of amides is 3. The molecule has 1 unspecified atom stereocenters. The summed E-state index contributed by atoms with van der Waals surface area (Å²) < 4.78 is 0. The lowest BCUT2D eigenvalue weighted by atomic mass is 9.95. The van der Waals surface area contributed by atoms with Gasteiger partial charge in [0.05, 0.1) is 0 Å². The first-order valence-electron chi connectivity index (χ1n) is 10.1. The Kier molecular flexibility index (Phi) is 8.00. The van der Waals surface area contributed by atoms with Crippen LogP contribution in [0.4, 0.5) is 4.79 Å². The Hall–Kier alpha value is -1.30. The molecule has 0 radical (unpaired) electrons. The monoisotopic (exact) mass is 352 g/mol. The van der Waals surface area contributed by atoms with Gasteiger partial charge in [-0.2, -0.15) is 0 Å². The van der Waals surface area contributed by atoms with E-state index in [1.54, 1.807) is 0 Å². The van der Waals surface area contributed by atoms with Crippen LogP contribution >= 0.6 is 0 Å². The SMILES string of the molecule is CCN(CC)CCCC(C)NC(=O)C1CCN(C(=O)NC2CC2)CC1. The lowest BCUT2D eigenvalue weighted by molar-refractivity contribution is -0.126. The average molecular weight is 353 g/mol. The first kappa shape index (κ1) is 20.0. The first-order chi connectivity index (χ1) is 12.0. The van der Waals surface area contributed by atoms with E-state index in [1.807, 2.05) is 4.90 Å². The maximum absolute atomic E-state index is 12.4. The molecule has 0 bridgehead atoms. The lowest BCUT2D eigenvalue weighted by Gasteiger charge is -2.32. The van der Waals surface area contributed by atoms with Crippen LogP contribution in [0.15, 0.2) is 0 Å². The summed E-state index contributed by atoms with van der Waals surface area (Å²) >= 11 is 0. The number of carbonyl (C=O) groups excluding carboxylic acids is 2. The van der Waals surface area contributed by atoms with Gasteiger partial charge in [-0.05, 0) is 65.1 Å². The minimum absolute atomic E-state index is 0.0473. The van der Waals surface area contributed by atoms with Crippen LogP contribution in [0.25, 0.3) is 0 Å². The Morgan fingerprint density at radius 1 is 1.12 bits per heavy atom. The van der Waals surface area contributed by atoms with Crippen LogP contribution in [-0.4, -0.2) is 66.5 Å². The second-order valence-electron chi connectivity index (χ2n) is 7.56. The first-order valence-corrected chi connectivity index (χ1v) is 10.1. The molecule has 0 aromatic rings. The van der Waals surface area contributed by atoms with Crippen LogP contribution < -0.4 is 10.6 Å².